The van der Waals surface area contributed by atoms with E-state index in [0.717, 1.165) is 24.0 Å². The van der Waals surface area contributed by atoms with E-state index in [4.69, 9.17) is 20.8 Å². The Bertz CT molecular complexity index is 882. The van der Waals surface area contributed by atoms with Crippen LogP contribution in [0.5, 0.6) is 5.75 Å². The molecule has 128 valence electrons. The van der Waals surface area contributed by atoms with E-state index < -0.39 is 0 Å². The van der Waals surface area contributed by atoms with Gasteiger partial charge in [-0.15, -0.1) is 0 Å². The van der Waals surface area contributed by atoms with Gasteiger partial charge in [0.05, 0.1) is 0 Å². The first-order valence-corrected chi connectivity index (χ1v) is 8.77. The monoisotopic (exact) mass is 355 g/mol. The summed E-state index contributed by atoms with van der Waals surface area (Å²) in [7, 11) is 0. The molecule has 2 heterocycles. The van der Waals surface area contributed by atoms with Crippen LogP contribution in [0.3, 0.4) is 0 Å². The molecule has 1 amide bonds. The molecule has 0 saturated carbocycles. The maximum atomic E-state index is 12.7. The van der Waals surface area contributed by atoms with E-state index in [1.807, 2.05) is 35.2 Å². The zero-order chi connectivity index (χ0) is 17.2. The highest BCUT2D eigenvalue weighted by Gasteiger charge is 2.26. The van der Waals surface area contributed by atoms with Gasteiger partial charge in [-0.2, -0.15) is 0 Å². The quantitative estimate of drug-likeness (QED) is 0.679. The number of fused-ring (bicyclic) bond motifs is 1. The largest absolute Gasteiger partial charge is 0.490 e. The first-order valence-electron chi connectivity index (χ1n) is 8.39. The van der Waals surface area contributed by atoms with Gasteiger partial charge in [0.1, 0.15) is 17.4 Å². The number of furan rings is 1. The lowest BCUT2D eigenvalue weighted by molar-refractivity contribution is 0.0569. The second-order valence-corrected chi connectivity index (χ2v) is 6.65. The predicted molar refractivity (Wildman–Crippen MR) is 97.2 cm³/mol. The number of para-hydroxylation sites is 1. The number of benzene rings is 2. The Morgan fingerprint density at radius 2 is 1.84 bits per heavy atom. The molecule has 0 bridgehead atoms. The van der Waals surface area contributed by atoms with Gasteiger partial charge in [-0.05, 0) is 36.4 Å². The van der Waals surface area contributed by atoms with Gasteiger partial charge in [0.2, 0.25) is 0 Å². The van der Waals surface area contributed by atoms with Crippen molar-refractivity contribution in [3.63, 3.8) is 0 Å². The van der Waals surface area contributed by atoms with Crippen molar-refractivity contribution in [1.82, 2.24) is 4.90 Å². The molecule has 1 aliphatic rings. The van der Waals surface area contributed by atoms with Crippen LogP contribution in [0, 0.1) is 0 Å². The number of halogens is 1. The molecule has 1 aromatic heterocycles. The molecule has 4 nitrogen and oxygen atoms in total. The molecular weight excluding hydrogens is 338 g/mol. The molecule has 3 aromatic rings. The van der Waals surface area contributed by atoms with Crippen LogP contribution in [0.2, 0.25) is 5.02 Å². The Labute approximate surface area is 150 Å². The van der Waals surface area contributed by atoms with Gasteiger partial charge in [-0.25, -0.2) is 0 Å². The maximum Gasteiger partial charge on any atom is 0.289 e. The standard InChI is InChI=1S/C20H18ClNO3/c21-15-6-7-18-14(12-15)13-19(25-18)20(23)22-10-8-17(9-11-22)24-16-4-2-1-3-5-16/h1-7,12-13,17H,8-11H2. The lowest BCUT2D eigenvalue weighted by Gasteiger charge is -2.31. The molecule has 0 radical (unpaired) electrons. The Balaban J connectivity index is 1.40. The molecule has 0 atom stereocenters. The number of rotatable bonds is 3. The second-order valence-electron chi connectivity index (χ2n) is 6.22. The Morgan fingerprint density at radius 3 is 2.60 bits per heavy atom. The average molecular weight is 356 g/mol. The van der Waals surface area contributed by atoms with E-state index in [1.54, 1.807) is 24.3 Å². The topological polar surface area (TPSA) is 42.7 Å². The number of hydrogen-bond donors (Lipinski definition) is 0. The number of hydrogen-bond acceptors (Lipinski definition) is 3. The van der Waals surface area contributed by atoms with E-state index in [1.165, 1.54) is 0 Å². The van der Waals surface area contributed by atoms with Gasteiger partial charge < -0.3 is 14.1 Å². The lowest BCUT2D eigenvalue weighted by atomic mass is 10.1. The van der Waals surface area contributed by atoms with E-state index in [2.05, 4.69) is 0 Å². The Hall–Kier alpha value is -2.46. The van der Waals surface area contributed by atoms with Crippen LogP contribution < -0.4 is 4.74 Å². The molecule has 25 heavy (non-hydrogen) atoms. The van der Waals surface area contributed by atoms with Crippen LogP contribution in [-0.4, -0.2) is 30.0 Å². The summed E-state index contributed by atoms with van der Waals surface area (Å²) in [5.74, 6) is 1.16. The zero-order valence-corrected chi connectivity index (χ0v) is 14.4. The van der Waals surface area contributed by atoms with Crippen molar-refractivity contribution in [3.8, 4) is 5.75 Å². The van der Waals surface area contributed by atoms with Crippen molar-refractivity contribution >= 4 is 28.5 Å². The molecule has 0 N–H and O–H groups in total. The highest BCUT2D eigenvalue weighted by Crippen LogP contribution is 2.25. The minimum absolute atomic E-state index is 0.0783. The molecule has 5 heteroatoms. The zero-order valence-electron chi connectivity index (χ0n) is 13.7. The third-order valence-electron chi connectivity index (χ3n) is 4.46. The van der Waals surface area contributed by atoms with Crippen LogP contribution in [0.15, 0.2) is 59.0 Å². The Kier molecular flexibility index (Phi) is 4.36. The highest BCUT2D eigenvalue weighted by atomic mass is 35.5. The number of carbonyl (C=O) groups is 1. The SMILES string of the molecule is O=C(c1cc2cc(Cl)ccc2o1)N1CCC(Oc2ccccc2)CC1. The number of piperidine rings is 1. The van der Waals surface area contributed by atoms with Crippen LogP contribution in [-0.2, 0) is 0 Å². The van der Waals surface area contributed by atoms with Crippen molar-refractivity contribution < 1.29 is 13.9 Å². The molecule has 1 fully saturated rings. The number of ether oxygens (including phenoxy) is 1. The molecule has 1 saturated heterocycles. The van der Waals surface area contributed by atoms with Crippen molar-refractivity contribution in [2.75, 3.05) is 13.1 Å². The summed E-state index contributed by atoms with van der Waals surface area (Å²) in [6.45, 7) is 1.32. The summed E-state index contributed by atoms with van der Waals surface area (Å²) in [6.07, 6.45) is 1.76. The fourth-order valence-electron chi connectivity index (χ4n) is 3.14. The fraction of sp³-hybridized carbons (Fsp3) is 0.250. The van der Waals surface area contributed by atoms with Gasteiger partial charge in [0.15, 0.2) is 5.76 Å². The molecule has 0 spiro atoms. The summed E-state index contributed by atoms with van der Waals surface area (Å²) in [5.41, 5.74) is 0.676. The second kappa shape index (κ2) is 6.81. The molecule has 4 rings (SSSR count). The predicted octanol–water partition coefficient (Wildman–Crippen LogP) is 4.77. The fourth-order valence-corrected chi connectivity index (χ4v) is 3.32. The molecule has 0 aliphatic carbocycles. The number of amides is 1. The summed E-state index contributed by atoms with van der Waals surface area (Å²) < 4.78 is 11.7. The number of likely N-dealkylation sites (tertiary alicyclic amines) is 1. The highest BCUT2D eigenvalue weighted by molar-refractivity contribution is 6.31. The van der Waals surface area contributed by atoms with Gasteiger partial charge in [-0.1, -0.05) is 29.8 Å². The molecule has 0 unspecified atom stereocenters. The lowest BCUT2D eigenvalue weighted by Crippen LogP contribution is -2.41. The first-order chi connectivity index (χ1) is 12.2. The van der Waals surface area contributed by atoms with E-state index in [-0.39, 0.29) is 12.0 Å². The summed E-state index contributed by atoms with van der Waals surface area (Å²) in [6, 6.07) is 16.9. The van der Waals surface area contributed by atoms with Crippen LogP contribution in [0.25, 0.3) is 11.0 Å². The van der Waals surface area contributed by atoms with E-state index >= 15 is 0 Å². The van der Waals surface area contributed by atoms with Crippen molar-refractivity contribution in [3.05, 3.63) is 65.4 Å². The number of nitrogens with zero attached hydrogens (tertiary/aromatic N) is 1. The molecule has 1 aliphatic heterocycles. The van der Waals surface area contributed by atoms with Gasteiger partial charge in [0.25, 0.3) is 5.91 Å². The van der Waals surface area contributed by atoms with Crippen molar-refractivity contribution in [1.29, 1.82) is 0 Å². The first kappa shape index (κ1) is 16.0. The summed E-state index contributed by atoms with van der Waals surface area (Å²) >= 11 is 5.99. The Morgan fingerprint density at radius 1 is 1.08 bits per heavy atom. The van der Waals surface area contributed by atoms with Gasteiger partial charge >= 0.3 is 0 Å². The third-order valence-corrected chi connectivity index (χ3v) is 4.70. The summed E-state index contributed by atoms with van der Waals surface area (Å²) in [5, 5.41) is 1.48. The smallest absolute Gasteiger partial charge is 0.289 e. The molecule has 2 aromatic carbocycles. The van der Waals surface area contributed by atoms with Crippen LogP contribution in [0.1, 0.15) is 23.4 Å². The van der Waals surface area contributed by atoms with E-state index in [9.17, 15) is 4.79 Å². The van der Waals surface area contributed by atoms with E-state index in [0.29, 0.717) is 29.5 Å². The molecular formula is C20H18ClNO3. The minimum atomic E-state index is -0.0783. The number of carbonyl (C=O) groups excluding carboxylic acids is 1. The van der Waals surface area contributed by atoms with Gasteiger partial charge in [0, 0.05) is 36.3 Å². The van der Waals surface area contributed by atoms with Crippen molar-refractivity contribution in [2.45, 2.75) is 18.9 Å². The normalized spacial score (nSPS) is 15.5. The average Bonchev–Trinajstić information content (AvgIpc) is 3.06. The van der Waals surface area contributed by atoms with Crippen LogP contribution in [0.4, 0.5) is 0 Å². The van der Waals surface area contributed by atoms with Crippen LogP contribution >= 0.6 is 11.6 Å². The maximum absolute atomic E-state index is 12.7. The third kappa shape index (κ3) is 3.49. The van der Waals surface area contributed by atoms with Gasteiger partial charge in [-0.3, -0.25) is 4.79 Å². The minimum Gasteiger partial charge on any atom is -0.490 e. The van der Waals surface area contributed by atoms with Crippen molar-refractivity contribution in [2.24, 2.45) is 0 Å². The summed E-state index contributed by atoms with van der Waals surface area (Å²) in [4.78, 5) is 14.5.